The smallest absolute Gasteiger partial charge is 0.267 e. The summed E-state index contributed by atoms with van der Waals surface area (Å²) in [5, 5.41) is 16.6. The van der Waals surface area contributed by atoms with E-state index in [4.69, 9.17) is 10.9 Å². The fourth-order valence-electron chi connectivity index (χ4n) is 2.91. The molecular formula is C26H33N5O5. The molecule has 192 valence electrons. The predicted octanol–water partition coefficient (Wildman–Crippen LogP) is 0.688. The lowest BCUT2D eigenvalue weighted by atomic mass is 10.1. The lowest BCUT2D eigenvalue weighted by Gasteiger charge is -2.17. The largest absolute Gasteiger partial charge is 0.355 e. The van der Waals surface area contributed by atoms with Gasteiger partial charge in [-0.2, -0.15) is 0 Å². The molecule has 0 spiro atoms. The van der Waals surface area contributed by atoms with Gasteiger partial charge in [0, 0.05) is 49.2 Å². The normalized spacial score (nSPS) is 10.5. The number of nitrogens with two attached hydrogens (primary N) is 1. The molecule has 0 saturated carbocycles. The predicted molar refractivity (Wildman–Crippen MR) is 136 cm³/mol. The van der Waals surface area contributed by atoms with E-state index in [1.165, 1.54) is 5.48 Å². The first-order valence-corrected chi connectivity index (χ1v) is 11.1. The molecule has 0 radical (unpaired) electrons. The molecule has 1 atom stereocenters. The Balaban J connectivity index is 0.00000648. The zero-order valence-corrected chi connectivity index (χ0v) is 19.2. The van der Waals surface area contributed by atoms with E-state index in [2.05, 4.69) is 27.8 Å². The van der Waals surface area contributed by atoms with Crippen molar-refractivity contribution >= 4 is 23.6 Å². The minimum atomic E-state index is -1.21. The lowest BCUT2D eigenvalue weighted by Crippen LogP contribution is -2.52. The Morgan fingerprint density at radius 3 is 2.03 bits per heavy atom. The van der Waals surface area contributed by atoms with Crippen LogP contribution in [0.15, 0.2) is 54.6 Å². The van der Waals surface area contributed by atoms with E-state index in [-0.39, 0.29) is 38.3 Å². The van der Waals surface area contributed by atoms with Crippen LogP contribution in [0.2, 0.25) is 0 Å². The zero-order chi connectivity index (χ0) is 25.5. The molecule has 0 aliphatic carbocycles. The molecule has 10 heteroatoms. The number of hydrogen-bond donors (Lipinski definition) is 6. The number of benzene rings is 2. The fraction of sp³-hybridized carbons (Fsp3) is 0.308. The first-order valence-electron chi connectivity index (χ1n) is 11.1. The summed E-state index contributed by atoms with van der Waals surface area (Å²) in [5.74, 6) is 3.98. The fourth-order valence-corrected chi connectivity index (χ4v) is 2.91. The van der Waals surface area contributed by atoms with Crippen LogP contribution in [0.5, 0.6) is 0 Å². The Hall–Kier alpha value is -4.20. The van der Waals surface area contributed by atoms with Crippen molar-refractivity contribution in [2.24, 2.45) is 5.73 Å². The third kappa shape index (κ3) is 10.8. The molecule has 0 heterocycles. The molecule has 36 heavy (non-hydrogen) atoms. The second kappa shape index (κ2) is 16.4. The standard InChI is InChI=1S/C25H29N5O5.CH4/c26-15-16-27-22(31)7-4-8-23(32)28-17-21(25(34)30-35)29-24(33)20-13-11-19(12-14-20)10-9-18-5-2-1-3-6-18;/h1-3,5-6,11-14,21,35H,4,7-8,15-17,26H2,(H,27,31)(H,28,32)(H,29,33)(H,30,34);1H4/t21-;/m0./s1. The van der Waals surface area contributed by atoms with Gasteiger partial charge in [-0.25, -0.2) is 5.48 Å². The Bertz CT molecular complexity index is 1060. The molecule has 2 aromatic rings. The number of rotatable bonds is 11. The van der Waals surface area contributed by atoms with Crippen molar-refractivity contribution in [3.63, 3.8) is 0 Å². The van der Waals surface area contributed by atoms with Gasteiger partial charge in [0.15, 0.2) is 0 Å². The van der Waals surface area contributed by atoms with Gasteiger partial charge >= 0.3 is 0 Å². The van der Waals surface area contributed by atoms with E-state index in [0.717, 1.165) is 5.56 Å². The van der Waals surface area contributed by atoms with Gasteiger partial charge in [-0.3, -0.25) is 24.4 Å². The molecule has 7 N–H and O–H groups in total. The van der Waals surface area contributed by atoms with Gasteiger partial charge in [0.2, 0.25) is 11.8 Å². The summed E-state index contributed by atoms with van der Waals surface area (Å²) < 4.78 is 0. The van der Waals surface area contributed by atoms with Crippen LogP contribution in [-0.4, -0.2) is 54.5 Å². The van der Waals surface area contributed by atoms with Gasteiger partial charge in [-0.05, 0) is 42.8 Å². The summed E-state index contributed by atoms with van der Waals surface area (Å²) in [6.45, 7) is 0.461. The van der Waals surface area contributed by atoms with Crippen molar-refractivity contribution in [2.45, 2.75) is 32.7 Å². The lowest BCUT2D eigenvalue weighted by molar-refractivity contribution is -0.131. The Kier molecular flexibility index (Phi) is 13.6. The van der Waals surface area contributed by atoms with Crippen LogP contribution >= 0.6 is 0 Å². The number of hydroxylamine groups is 1. The molecule has 2 aromatic carbocycles. The van der Waals surface area contributed by atoms with Gasteiger partial charge in [0.05, 0.1) is 0 Å². The molecule has 2 rings (SSSR count). The second-order valence-electron chi connectivity index (χ2n) is 7.49. The zero-order valence-electron chi connectivity index (χ0n) is 19.2. The highest BCUT2D eigenvalue weighted by Gasteiger charge is 2.22. The highest BCUT2D eigenvalue weighted by molar-refractivity contribution is 5.97. The third-order valence-corrected chi connectivity index (χ3v) is 4.78. The van der Waals surface area contributed by atoms with Crippen molar-refractivity contribution in [3.05, 3.63) is 71.3 Å². The van der Waals surface area contributed by atoms with Crippen LogP contribution < -0.4 is 27.2 Å². The van der Waals surface area contributed by atoms with E-state index >= 15 is 0 Å². The summed E-state index contributed by atoms with van der Waals surface area (Å²) in [6, 6.07) is 14.7. The van der Waals surface area contributed by atoms with E-state index in [1.54, 1.807) is 24.3 Å². The number of nitrogens with one attached hydrogen (secondary N) is 4. The minimum absolute atomic E-state index is 0. The number of hydrogen-bond acceptors (Lipinski definition) is 6. The third-order valence-electron chi connectivity index (χ3n) is 4.78. The number of carbonyl (C=O) groups excluding carboxylic acids is 4. The van der Waals surface area contributed by atoms with E-state index in [1.807, 2.05) is 30.3 Å². The first kappa shape index (κ1) is 29.8. The molecule has 4 amide bonds. The maximum Gasteiger partial charge on any atom is 0.267 e. The summed E-state index contributed by atoms with van der Waals surface area (Å²) in [5.41, 5.74) is 8.63. The monoisotopic (exact) mass is 495 g/mol. The molecule has 10 nitrogen and oxygen atoms in total. The van der Waals surface area contributed by atoms with Crippen molar-refractivity contribution in [2.75, 3.05) is 19.6 Å². The maximum absolute atomic E-state index is 12.6. The summed E-state index contributed by atoms with van der Waals surface area (Å²) in [4.78, 5) is 48.1. The number of amides is 4. The summed E-state index contributed by atoms with van der Waals surface area (Å²) in [7, 11) is 0. The molecule has 0 fully saturated rings. The van der Waals surface area contributed by atoms with Gasteiger partial charge in [-0.15, -0.1) is 0 Å². The highest BCUT2D eigenvalue weighted by atomic mass is 16.5. The summed E-state index contributed by atoms with van der Waals surface area (Å²) in [6.07, 6.45) is 0.532. The molecule has 0 aliphatic rings. The van der Waals surface area contributed by atoms with Gasteiger partial charge in [0.1, 0.15) is 6.04 Å². The number of carbonyl (C=O) groups is 4. The van der Waals surface area contributed by atoms with Crippen molar-refractivity contribution in [1.29, 1.82) is 0 Å². The Labute approximate surface area is 211 Å². The van der Waals surface area contributed by atoms with Crippen molar-refractivity contribution in [1.82, 2.24) is 21.4 Å². The molecule has 0 aromatic heterocycles. The van der Waals surface area contributed by atoms with E-state index in [9.17, 15) is 19.2 Å². The average Bonchev–Trinajstić information content (AvgIpc) is 2.88. The van der Waals surface area contributed by atoms with Gasteiger partial charge in [0.25, 0.3) is 11.8 Å². The molecule has 0 bridgehead atoms. The maximum atomic E-state index is 12.6. The molecule has 0 saturated heterocycles. The van der Waals surface area contributed by atoms with Crippen LogP contribution in [0.4, 0.5) is 0 Å². The molecular weight excluding hydrogens is 462 g/mol. The van der Waals surface area contributed by atoms with Crippen LogP contribution in [0.1, 0.15) is 48.2 Å². The SMILES string of the molecule is C.NCCNC(=O)CCCC(=O)NC[C@H](NC(=O)c1ccc(C#Cc2ccccc2)cc1)C(=O)NO. The molecule has 0 unspecified atom stereocenters. The van der Waals surface area contributed by atoms with Crippen LogP contribution in [-0.2, 0) is 14.4 Å². The van der Waals surface area contributed by atoms with Crippen LogP contribution in [0, 0.1) is 11.8 Å². The van der Waals surface area contributed by atoms with Crippen molar-refractivity contribution < 1.29 is 24.4 Å². The van der Waals surface area contributed by atoms with Crippen LogP contribution in [0.25, 0.3) is 0 Å². The van der Waals surface area contributed by atoms with Gasteiger partial charge in [-0.1, -0.05) is 37.5 Å². The Morgan fingerprint density at radius 2 is 1.44 bits per heavy atom. The van der Waals surface area contributed by atoms with E-state index in [0.29, 0.717) is 25.1 Å². The Morgan fingerprint density at radius 1 is 0.861 bits per heavy atom. The highest BCUT2D eigenvalue weighted by Crippen LogP contribution is 2.05. The first-order chi connectivity index (χ1) is 16.9. The average molecular weight is 496 g/mol. The van der Waals surface area contributed by atoms with Crippen LogP contribution in [0.3, 0.4) is 0 Å². The quantitative estimate of drug-likeness (QED) is 0.153. The second-order valence-corrected chi connectivity index (χ2v) is 7.49. The molecule has 0 aliphatic heterocycles. The van der Waals surface area contributed by atoms with Crippen molar-refractivity contribution in [3.8, 4) is 11.8 Å². The topological polar surface area (TPSA) is 163 Å². The summed E-state index contributed by atoms with van der Waals surface area (Å²) >= 11 is 0. The van der Waals surface area contributed by atoms with Gasteiger partial charge < -0.3 is 21.7 Å². The minimum Gasteiger partial charge on any atom is -0.355 e. The van der Waals surface area contributed by atoms with E-state index < -0.39 is 23.8 Å².